The summed E-state index contributed by atoms with van der Waals surface area (Å²) in [5.74, 6) is 0. The van der Waals surface area contributed by atoms with E-state index in [1.165, 1.54) is 138 Å². The molecule has 0 amide bonds. The zero-order valence-corrected chi connectivity index (χ0v) is 51.2. The van der Waals surface area contributed by atoms with Crippen molar-refractivity contribution < 1.29 is 0 Å². The van der Waals surface area contributed by atoms with E-state index in [2.05, 4.69) is 257 Å². The van der Waals surface area contributed by atoms with Crippen molar-refractivity contribution >= 4 is 82.3 Å². The van der Waals surface area contributed by atoms with Crippen LogP contribution in [0.2, 0.25) is 39.3 Å². The van der Waals surface area contributed by atoms with E-state index >= 15 is 0 Å². The third-order valence-electron chi connectivity index (χ3n) is 20.2. The molecule has 2 aliphatic carbocycles. The molecule has 388 valence electrons. The van der Waals surface area contributed by atoms with Crippen LogP contribution in [0.4, 0.5) is 0 Å². The maximum absolute atomic E-state index is 2.85. The molecule has 5 aliphatic rings. The van der Waals surface area contributed by atoms with E-state index in [1.807, 2.05) is 0 Å². The fourth-order valence-electron chi connectivity index (χ4n) is 15.9. The molecule has 5 heterocycles. The minimum Gasteiger partial charge on any atom is -0.310 e. The Hall–Kier alpha value is -6.40. The Labute approximate surface area is 466 Å². The first-order chi connectivity index (χ1) is 36.7. The Kier molecular flexibility index (Phi) is 9.42. The maximum Gasteiger partial charge on any atom is 0.252 e. The van der Waals surface area contributed by atoms with Crippen molar-refractivity contribution in [2.24, 2.45) is 0 Å². The van der Waals surface area contributed by atoms with Crippen molar-refractivity contribution in [2.75, 3.05) is 0 Å². The summed E-state index contributed by atoms with van der Waals surface area (Å²) in [4.78, 5) is 0. The molecule has 0 saturated heterocycles. The molecule has 0 saturated carbocycles. The SMILES string of the molecule is CC(C)(C)c1ccc(-c2c(-c3ccc(C(C)(C)C)cc3)n3c4c(cc5c(c24)C(C)(C)CCC5(C)C)B2c4c-3ccc3c4-n4c5c2cc([Si](C)(C)C)cc5c2cc([Si](C)(C)C)cc(c24)C32c3ccccc3-c3ccccc32)cc1. The number of hydrogen-bond acceptors (Lipinski definition) is 0. The molecule has 0 bridgehead atoms. The number of hydrogen-bond donors (Lipinski definition) is 0. The quantitative estimate of drug-likeness (QED) is 0.156. The third-order valence-corrected chi connectivity index (χ3v) is 24.2. The van der Waals surface area contributed by atoms with Crippen LogP contribution in [0.5, 0.6) is 0 Å². The van der Waals surface area contributed by atoms with Crippen molar-refractivity contribution in [2.45, 2.75) is 148 Å². The van der Waals surface area contributed by atoms with Gasteiger partial charge in [0.1, 0.15) is 0 Å². The summed E-state index contributed by atoms with van der Waals surface area (Å²) in [6.07, 6.45) is 2.29. The van der Waals surface area contributed by atoms with Gasteiger partial charge in [-0.05, 0) is 124 Å². The second kappa shape index (κ2) is 15.1. The molecular formula is C73H75BN2Si2. The van der Waals surface area contributed by atoms with Crippen LogP contribution in [0.25, 0.3) is 77.6 Å². The summed E-state index contributed by atoms with van der Waals surface area (Å²) in [7, 11) is -3.77. The number of benzene rings is 8. The highest BCUT2D eigenvalue weighted by atomic mass is 28.3. The van der Waals surface area contributed by atoms with Gasteiger partial charge in [-0.2, -0.15) is 0 Å². The lowest BCUT2D eigenvalue weighted by Gasteiger charge is -2.46. The van der Waals surface area contributed by atoms with Crippen LogP contribution in [0.3, 0.4) is 0 Å². The van der Waals surface area contributed by atoms with Gasteiger partial charge in [0.25, 0.3) is 6.71 Å². The first kappa shape index (κ1) is 48.7. The fourth-order valence-corrected chi connectivity index (χ4v) is 18.2. The van der Waals surface area contributed by atoms with Crippen molar-refractivity contribution in [3.63, 3.8) is 0 Å². The zero-order chi connectivity index (χ0) is 54.5. The molecule has 2 nitrogen and oxygen atoms in total. The largest absolute Gasteiger partial charge is 0.310 e. The number of aromatic nitrogens is 2. The monoisotopic (exact) mass is 1050 g/mol. The lowest BCUT2D eigenvalue weighted by Crippen LogP contribution is -2.62. The molecular weight excluding hydrogens is 972 g/mol. The van der Waals surface area contributed by atoms with Crippen LogP contribution in [0.15, 0.2) is 140 Å². The van der Waals surface area contributed by atoms with E-state index < -0.39 is 21.6 Å². The molecule has 0 radical (unpaired) electrons. The zero-order valence-electron chi connectivity index (χ0n) is 49.2. The summed E-state index contributed by atoms with van der Waals surface area (Å²) >= 11 is 0. The predicted octanol–water partition coefficient (Wildman–Crippen LogP) is 15.9. The molecule has 3 aliphatic heterocycles. The van der Waals surface area contributed by atoms with Crippen molar-refractivity contribution in [1.82, 2.24) is 9.13 Å². The Bertz CT molecular complexity index is 4290. The molecule has 2 aromatic heterocycles. The molecule has 5 heteroatoms. The molecule has 0 N–H and O–H groups in total. The molecule has 1 spiro atoms. The number of nitrogens with zero attached hydrogens (tertiary/aromatic N) is 2. The number of fused-ring (bicyclic) bond motifs is 13. The summed E-state index contributed by atoms with van der Waals surface area (Å²) in [6, 6.07) is 57.3. The molecule has 8 aromatic carbocycles. The van der Waals surface area contributed by atoms with Gasteiger partial charge in [0.15, 0.2) is 0 Å². The van der Waals surface area contributed by atoms with Gasteiger partial charge in [0.2, 0.25) is 0 Å². The minimum atomic E-state index is -1.89. The summed E-state index contributed by atoms with van der Waals surface area (Å²) in [5.41, 5.74) is 30.3. The topological polar surface area (TPSA) is 9.86 Å². The highest BCUT2D eigenvalue weighted by Crippen LogP contribution is 2.62. The molecule has 10 aromatic rings. The van der Waals surface area contributed by atoms with Crippen LogP contribution in [-0.4, -0.2) is 32.0 Å². The van der Waals surface area contributed by atoms with E-state index in [0.29, 0.717) is 0 Å². The van der Waals surface area contributed by atoms with Crippen LogP contribution < -0.4 is 26.8 Å². The molecule has 15 rings (SSSR count). The van der Waals surface area contributed by atoms with Crippen molar-refractivity contribution in [3.8, 4) is 44.9 Å². The van der Waals surface area contributed by atoms with Gasteiger partial charge in [-0.25, -0.2) is 0 Å². The van der Waals surface area contributed by atoms with Gasteiger partial charge in [-0.1, -0.05) is 252 Å². The second-order valence-electron chi connectivity index (χ2n) is 30.0. The standard InChI is InChI=1S/C73H75BN2Si2/c1-69(2,3)44-29-25-42(26-30-44)60-61-62-55(71(7,8)35-36-72(62,9)10)41-58-68(61)75(64(60)43-27-31-45(32-28-43)70(4,5)6)59-34-33-54-67-63(59)74(58)57-40-47(78(14,15)16)38-51-50-37-46(77(11,12)13)39-56(65(50)76(67)66(51)57)73(54)52-23-19-17-21-48(52)49-22-18-20-24-53(49)73/h17-34,37-41H,35-36H2,1-16H3. The van der Waals surface area contributed by atoms with Gasteiger partial charge in [0.05, 0.1) is 32.8 Å². The fraction of sp³-hybridized carbons (Fsp3) is 0.315. The highest BCUT2D eigenvalue weighted by molar-refractivity contribution is 7.01. The van der Waals surface area contributed by atoms with E-state index in [9.17, 15) is 0 Å². The van der Waals surface area contributed by atoms with Crippen LogP contribution in [0.1, 0.15) is 127 Å². The molecule has 78 heavy (non-hydrogen) atoms. The van der Waals surface area contributed by atoms with E-state index in [-0.39, 0.29) is 28.4 Å². The van der Waals surface area contributed by atoms with E-state index in [1.54, 1.807) is 10.8 Å². The first-order valence-corrected chi connectivity index (χ1v) is 36.3. The van der Waals surface area contributed by atoms with Crippen LogP contribution in [0, 0.1) is 0 Å². The summed E-state index contributed by atoms with van der Waals surface area (Å²) < 4.78 is 5.67. The van der Waals surface area contributed by atoms with Gasteiger partial charge >= 0.3 is 0 Å². The van der Waals surface area contributed by atoms with Gasteiger partial charge in [0, 0.05) is 44.1 Å². The van der Waals surface area contributed by atoms with Gasteiger partial charge in [-0.15, -0.1) is 0 Å². The predicted molar refractivity (Wildman–Crippen MR) is 343 cm³/mol. The summed E-state index contributed by atoms with van der Waals surface area (Å²) in [5, 5.41) is 7.42. The van der Waals surface area contributed by atoms with Crippen LogP contribution in [-0.2, 0) is 27.1 Å². The lowest BCUT2D eigenvalue weighted by atomic mass is 9.33. The molecule has 0 fully saturated rings. The first-order valence-electron chi connectivity index (χ1n) is 29.3. The normalized spacial score (nSPS) is 16.9. The van der Waals surface area contributed by atoms with Gasteiger partial charge in [-0.3, -0.25) is 0 Å². The molecule has 0 atom stereocenters. The Balaban J connectivity index is 1.21. The Morgan fingerprint density at radius 3 is 1.58 bits per heavy atom. The lowest BCUT2D eigenvalue weighted by molar-refractivity contribution is 0.335. The van der Waals surface area contributed by atoms with Crippen molar-refractivity contribution in [3.05, 3.63) is 184 Å². The number of rotatable bonds is 4. The Morgan fingerprint density at radius 2 is 1.00 bits per heavy atom. The third kappa shape index (κ3) is 6.11. The average Bonchev–Trinajstić information content (AvgIpc) is 1.87. The van der Waals surface area contributed by atoms with Crippen LogP contribution >= 0.6 is 0 Å². The Morgan fingerprint density at radius 1 is 0.474 bits per heavy atom. The van der Waals surface area contributed by atoms with Crippen molar-refractivity contribution in [1.29, 1.82) is 0 Å². The van der Waals surface area contributed by atoms with E-state index in [0.717, 1.165) is 12.8 Å². The van der Waals surface area contributed by atoms with E-state index in [4.69, 9.17) is 0 Å². The molecule has 0 unspecified atom stereocenters. The maximum atomic E-state index is 2.85. The van der Waals surface area contributed by atoms with Gasteiger partial charge < -0.3 is 9.13 Å². The minimum absolute atomic E-state index is 0.00999. The average molecular weight is 1050 g/mol. The summed E-state index contributed by atoms with van der Waals surface area (Å²) in [6.45, 7) is 39.7. The smallest absolute Gasteiger partial charge is 0.252 e. The second-order valence-corrected chi connectivity index (χ2v) is 40.1. The highest BCUT2D eigenvalue weighted by Gasteiger charge is 2.55.